The molecule has 0 amide bonds. The molecule has 1 aromatic carbocycles. The molecule has 19 heavy (non-hydrogen) atoms. The largest absolute Gasteiger partial charge is 0.312 e. The van der Waals surface area contributed by atoms with Crippen LogP contribution >= 0.6 is 0 Å². The minimum absolute atomic E-state index is 0.151. The molecule has 108 valence electrons. The highest BCUT2D eigenvalue weighted by Gasteiger charge is 2.14. The van der Waals surface area contributed by atoms with Gasteiger partial charge in [0.15, 0.2) is 0 Å². The van der Waals surface area contributed by atoms with E-state index in [1.807, 2.05) is 12.1 Å². The van der Waals surface area contributed by atoms with Crippen LogP contribution in [0, 0.1) is 11.7 Å². The predicted molar refractivity (Wildman–Crippen MR) is 80.9 cm³/mol. The van der Waals surface area contributed by atoms with Crippen molar-refractivity contribution in [1.29, 1.82) is 0 Å². The van der Waals surface area contributed by atoms with Crippen molar-refractivity contribution in [3.63, 3.8) is 0 Å². The highest BCUT2D eigenvalue weighted by Crippen LogP contribution is 2.16. The first-order chi connectivity index (χ1) is 8.90. The zero-order chi connectivity index (χ0) is 14.3. The molecule has 1 rings (SSSR count). The molecule has 0 aliphatic heterocycles. The second-order valence-corrected chi connectivity index (χ2v) is 6.47. The Kier molecular flexibility index (Phi) is 6.50. The summed E-state index contributed by atoms with van der Waals surface area (Å²) in [6.07, 6.45) is 4.76. The predicted octanol–water partition coefficient (Wildman–Crippen LogP) is 4.56. The molecule has 0 aliphatic rings. The third-order valence-corrected chi connectivity index (χ3v) is 3.32. The molecule has 1 atom stereocenters. The van der Waals surface area contributed by atoms with Crippen LogP contribution in [0.3, 0.4) is 0 Å². The fourth-order valence-corrected chi connectivity index (χ4v) is 2.17. The molecule has 0 spiro atoms. The molecular weight excluding hydrogens is 237 g/mol. The average Bonchev–Trinajstić information content (AvgIpc) is 2.34. The number of halogens is 1. The molecule has 0 heterocycles. The average molecular weight is 265 g/mol. The van der Waals surface area contributed by atoms with E-state index < -0.39 is 0 Å². The van der Waals surface area contributed by atoms with E-state index in [0.29, 0.717) is 5.92 Å². The van der Waals surface area contributed by atoms with Crippen LogP contribution in [0.2, 0.25) is 0 Å². The normalized spacial score (nSPS) is 13.5. The minimum atomic E-state index is -0.151. The molecule has 0 aliphatic carbocycles. The van der Waals surface area contributed by atoms with E-state index in [-0.39, 0.29) is 11.4 Å². The first-order valence-electron chi connectivity index (χ1n) is 7.40. The van der Waals surface area contributed by atoms with Crippen LogP contribution in [-0.2, 0) is 6.42 Å². The minimum Gasteiger partial charge on any atom is -0.312 e. The maximum Gasteiger partial charge on any atom is 0.123 e. The zero-order valence-corrected chi connectivity index (χ0v) is 12.8. The maximum absolute atomic E-state index is 12.9. The Hall–Kier alpha value is -0.890. The van der Waals surface area contributed by atoms with Crippen molar-refractivity contribution in [2.75, 3.05) is 6.54 Å². The molecule has 2 heteroatoms. The summed E-state index contributed by atoms with van der Waals surface area (Å²) in [6, 6.07) is 6.93. The van der Waals surface area contributed by atoms with Gasteiger partial charge in [-0.25, -0.2) is 4.39 Å². The summed E-state index contributed by atoms with van der Waals surface area (Å²) >= 11 is 0. The van der Waals surface area contributed by atoms with Crippen molar-refractivity contribution >= 4 is 0 Å². The lowest BCUT2D eigenvalue weighted by Crippen LogP contribution is -2.39. The van der Waals surface area contributed by atoms with E-state index in [1.54, 1.807) is 12.1 Å². The highest BCUT2D eigenvalue weighted by molar-refractivity contribution is 5.16. The van der Waals surface area contributed by atoms with Gasteiger partial charge in [-0.1, -0.05) is 31.9 Å². The summed E-state index contributed by atoms with van der Waals surface area (Å²) < 4.78 is 12.9. The Morgan fingerprint density at radius 1 is 1.16 bits per heavy atom. The van der Waals surface area contributed by atoms with Gasteiger partial charge in [-0.05, 0) is 63.8 Å². The monoisotopic (exact) mass is 265 g/mol. The molecule has 1 unspecified atom stereocenters. The Morgan fingerprint density at radius 3 is 2.32 bits per heavy atom. The van der Waals surface area contributed by atoms with Crippen LogP contribution in [0.25, 0.3) is 0 Å². The SMILES string of the molecule is CCCCC(CNC(C)(C)C)Cc1ccc(F)cc1. The van der Waals surface area contributed by atoms with E-state index in [2.05, 4.69) is 33.0 Å². The quantitative estimate of drug-likeness (QED) is 0.762. The van der Waals surface area contributed by atoms with Crippen LogP contribution in [0.5, 0.6) is 0 Å². The second-order valence-electron chi connectivity index (χ2n) is 6.47. The second kappa shape index (κ2) is 7.64. The van der Waals surface area contributed by atoms with Gasteiger partial charge >= 0.3 is 0 Å². The van der Waals surface area contributed by atoms with Gasteiger partial charge in [0.1, 0.15) is 5.82 Å². The van der Waals surface area contributed by atoms with E-state index in [0.717, 1.165) is 13.0 Å². The molecule has 0 saturated carbocycles. The van der Waals surface area contributed by atoms with Crippen LogP contribution in [0.15, 0.2) is 24.3 Å². The summed E-state index contributed by atoms with van der Waals surface area (Å²) in [4.78, 5) is 0. The molecular formula is C17H28FN. The number of unbranched alkanes of at least 4 members (excludes halogenated alkanes) is 1. The standard InChI is InChI=1S/C17H28FN/c1-5-6-7-15(13-19-17(2,3)4)12-14-8-10-16(18)11-9-14/h8-11,15,19H,5-7,12-13H2,1-4H3. The van der Waals surface area contributed by atoms with E-state index in [9.17, 15) is 4.39 Å². The van der Waals surface area contributed by atoms with Crippen molar-refractivity contribution in [1.82, 2.24) is 5.32 Å². The van der Waals surface area contributed by atoms with Crippen molar-refractivity contribution in [3.05, 3.63) is 35.6 Å². The van der Waals surface area contributed by atoms with Gasteiger partial charge < -0.3 is 5.32 Å². The van der Waals surface area contributed by atoms with Gasteiger partial charge in [-0.3, -0.25) is 0 Å². The van der Waals surface area contributed by atoms with Gasteiger partial charge in [-0.15, -0.1) is 0 Å². The van der Waals surface area contributed by atoms with E-state index in [4.69, 9.17) is 0 Å². The van der Waals surface area contributed by atoms with Gasteiger partial charge in [0, 0.05) is 5.54 Å². The molecule has 1 nitrogen and oxygen atoms in total. The maximum atomic E-state index is 12.9. The summed E-state index contributed by atoms with van der Waals surface area (Å²) in [5.41, 5.74) is 1.39. The lowest BCUT2D eigenvalue weighted by molar-refractivity contribution is 0.351. The smallest absolute Gasteiger partial charge is 0.123 e. The van der Waals surface area contributed by atoms with Gasteiger partial charge in [0.25, 0.3) is 0 Å². The summed E-state index contributed by atoms with van der Waals surface area (Å²) in [5, 5.41) is 3.59. The zero-order valence-electron chi connectivity index (χ0n) is 12.8. The summed E-state index contributed by atoms with van der Waals surface area (Å²) in [6.45, 7) is 9.85. The first-order valence-corrected chi connectivity index (χ1v) is 7.40. The highest BCUT2D eigenvalue weighted by atomic mass is 19.1. The third kappa shape index (κ3) is 7.31. The van der Waals surface area contributed by atoms with E-state index >= 15 is 0 Å². The lowest BCUT2D eigenvalue weighted by atomic mass is 9.93. The van der Waals surface area contributed by atoms with Crippen molar-refractivity contribution in [2.24, 2.45) is 5.92 Å². The van der Waals surface area contributed by atoms with Gasteiger partial charge in [-0.2, -0.15) is 0 Å². The van der Waals surface area contributed by atoms with Gasteiger partial charge in [0.05, 0.1) is 0 Å². The van der Waals surface area contributed by atoms with Crippen LogP contribution in [0.1, 0.15) is 52.5 Å². The lowest BCUT2D eigenvalue weighted by Gasteiger charge is -2.25. The molecule has 0 bridgehead atoms. The molecule has 0 fully saturated rings. The fourth-order valence-electron chi connectivity index (χ4n) is 2.17. The van der Waals surface area contributed by atoms with E-state index in [1.165, 1.54) is 24.8 Å². The van der Waals surface area contributed by atoms with Gasteiger partial charge in [0.2, 0.25) is 0 Å². The Labute approximate surface area is 117 Å². The number of rotatable bonds is 7. The molecule has 0 aromatic heterocycles. The molecule has 0 radical (unpaired) electrons. The number of benzene rings is 1. The number of hydrogen-bond acceptors (Lipinski definition) is 1. The van der Waals surface area contributed by atoms with Crippen molar-refractivity contribution in [2.45, 2.75) is 58.9 Å². The fraction of sp³-hybridized carbons (Fsp3) is 0.647. The summed E-state index contributed by atoms with van der Waals surface area (Å²) in [7, 11) is 0. The topological polar surface area (TPSA) is 12.0 Å². The summed E-state index contributed by atoms with van der Waals surface area (Å²) in [5.74, 6) is 0.478. The van der Waals surface area contributed by atoms with Crippen LogP contribution < -0.4 is 5.32 Å². The Balaban J connectivity index is 2.55. The Morgan fingerprint density at radius 2 is 1.79 bits per heavy atom. The molecule has 1 N–H and O–H groups in total. The first kappa shape index (κ1) is 16.2. The van der Waals surface area contributed by atoms with Crippen molar-refractivity contribution < 1.29 is 4.39 Å². The van der Waals surface area contributed by atoms with Crippen LogP contribution in [-0.4, -0.2) is 12.1 Å². The number of nitrogens with one attached hydrogen (secondary N) is 1. The third-order valence-electron chi connectivity index (χ3n) is 3.32. The number of hydrogen-bond donors (Lipinski definition) is 1. The molecule has 0 saturated heterocycles. The Bertz CT molecular complexity index is 351. The molecule has 1 aromatic rings. The van der Waals surface area contributed by atoms with Crippen LogP contribution in [0.4, 0.5) is 4.39 Å². The van der Waals surface area contributed by atoms with Crippen molar-refractivity contribution in [3.8, 4) is 0 Å².